The Kier molecular flexibility index (Phi) is 3.49. The number of nitrogens with zero attached hydrogens (tertiary/aromatic N) is 6. The van der Waals surface area contributed by atoms with Crippen molar-refractivity contribution in [2.24, 2.45) is 0 Å². The van der Waals surface area contributed by atoms with Gasteiger partial charge in [0.1, 0.15) is 16.9 Å². The highest BCUT2D eigenvalue weighted by molar-refractivity contribution is 6.04. The summed E-state index contributed by atoms with van der Waals surface area (Å²) < 4.78 is 1.90. The number of aromatic nitrogens is 6. The quantitative estimate of drug-likeness (QED) is 0.593. The van der Waals surface area contributed by atoms with Crippen LogP contribution in [-0.4, -0.2) is 47.5 Å². The van der Waals surface area contributed by atoms with Crippen LogP contribution in [0.2, 0.25) is 0 Å². The number of hydrogen-bond acceptors (Lipinski definition) is 5. The van der Waals surface area contributed by atoms with Gasteiger partial charge in [-0.25, -0.2) is 9.67 Å². The van der Waals surface area contributed by atoms with Gasteiger partial charge in [0.15, 0.2) is 5.82 Å². The highest BCUT2D eigenvalue weighted by atomic mass is 16.2. The molecule has 2 aromatic heterocycles. The van der Waals surface area contributed by atoms with Gasteiger partial charge in [-0.05, 0) is 19.1 Å². The van der Waals surface area contributed by atoms with Crippen LogP contribution in [0.25, 0.3) is 22.4 Å². The zero-order chi connectivity index (χ0) is 18.4. The number of H-pyrrole nitrogens is 1. The van der Waals surface area contributed by atoms with Gasteiger partial charge in [-0.3, -0.25) is 4.79 Å². The highest BCUT2D eigenvalue weighted by Gasteiger charge is 2.32. The fraction of sp³-hybridized carbons (Fsp3) is 0.211. The number of fused-ring (bicyclic) bond motifs is 2. The number of carbonyl (C=O) groups is 1. The van der Waals surface area contributed by atoms with E-state index >= 15 is 0 Å². The Morgan fingerprint density at radius 3 is 2.78 bits per heavy atom. The smallest absolute Gasteiger partial charge is 0.256 e. The van der Waals surface area contributed by atoms with Gasteiger partial charge in [-0.1, -0.05) is 36.4 Å². The molecule has 0 saturated heterocycles. The lowest BCUT2D eigenvalue weighted by molar-refractivity contribution is 0.0632. The molecular formula is C19H17N7O. The standard InChI is InChI=1S/C19H17N7O/c1-12-18-20-17(13-6-3-2-4-7-13)23-26(18)11-10-25(12)19(27)14-8-5-9-15-16(14)22-24-21-15/h2-9,12H,10-11H2,1H3,(H,21,22,24)/t12-/m0/s1. The molecule has 0 unspecified atom stereocenters. The van der Waals surface area contributed by atoms with Crippen molar-refractivity contribution in [1.82, 2.24) is 35.1 Å². The number of nitrogens with one attached hydrogen (secondary N) is 1. The van der Waals surface area contributed by atoms with Gasteiger partial charge in [0.2, 0.25) is 0 Å². The van der Waals surface area contributed by atoms with Crippen LogP contribution in [0.4, 0.5) is 0 Å². The lowest BCUT2D eigenvalue weighted by Crippen LogP contribution is -2.41. The molecule has 1 N–H and O–H groups in total. The van der Waals surface area contributed by atoms with E-state index in [-0.39, 0.29) is 11.9 Å². The molecule has 3 heterocycles. The number of benzene rings is 2. The summed E-state index contributed by atoms with van der Waals surface area (Å²) in [6, 6.07) is 15.1. The number of para-hydroxylation sites is 1. The van der Waals surface area contributed by atoms with E-state index in [1.807, 2.05) is 59.0 Å². The lowest BCUT2D eigenvalue weighted by Gasteiger charge is -2.32. The summed E-state index contributed by atoms with van der Waals surface area (Å²) >= 11 is 0. The van der Waals surface area contributed by atoms with Gasteiger partial charge >= 0.3 is 0 Å². The summed E-state index contributed by atoms with van der Waals surface area (Å²) in [7, 11) is 0. The molecule has 1 aliphatic rings. The molecule has 8 heteroatoms. The monoisotopic (exact) mass is 359 g/mol. The molecule has 0 radical (unpaired) electrons. The second-order valence-electron chi connectivity index (χ2n) is 6.55. The van der Waals surface area contributed by atoms with Gasteiger partial charge in [0, 0.05) is 12.1 Å². The molecule has 0 spiro atoms. The molecule has 0 bridgehead atoms. The van der Waals surface area contributed by atoms with Crippen LogP contribution >= 0.6 is 0 Å². The zero-order valence-corrected chi connectivity index (χ0v) is 14.7. The molecule has 1 atom stereocenters. The predicted octanol–water partition coefficient (Wildman–Crippen LogP) is 2.43. The van der Waals surface area contributed by atoms with Crippen LogP contribution in [0.1, 0.15) is 29.1 Å². The number of carbonyl (C=O) groups excluding carboxylic acids is 1. The molecule has 1 aliphatic heterocycles. The zero-order valence-electron chi connectivity index (χ0n) is 14.7. The van der Waals surface area contributed by atoms with Crippen LogP contribution in [0.15, 0.2) is 48.5 Å². The average molecular weight is 359 g/mol. The summed E-state index contributed by atoms with van der Waals surface area (Å²) in [6.45, 7) is 3.16. The molecular weight excluding hydrogens is 342 g/mol. The Hall–Kier alpha value is -3.55. The summed E-state index contributed by atoms with van der Waals surface area (Å²) in [5, 5.41) is 15.4. The molecule has 5 rings (SSSR count). The van der Waals surface area contributed by atoms with Crippen LogP contribution < -0.4 is 0 Å². The third-order valence-corrected chi connectivity index (χ3v) is 4.96. The number of hydrogen-bond donors (Lipinski definition) is 1. The second-order valence-corrected chi connectivity index (χ2v) is 6.55. The van der Waals surface area contributed by atoms with Crippen molar-refractivity contribution in [3.63, 3.8) is 0 Å². The molecule has 0 aliphatic carbocycles. The van der Waals surface area contributed by atoms with Crippen LogP contribution in [0.5, 0.6) is 0 Å². The topological polar surface area (TPSA) is 92.6 Å². The molecule has 27 heavy (non-hydrogen) atoms. The Labute approximate surface area is 154 Å². The summed E-state index contributed by atoms with van der Waals surface area (Å²) in [6.07, 6.45) is 0. The van der Waals surface area contributed by atoms with E-state index in [4.69, 9.17) is 4.98 Å². The Balaban J connectivity index is 1.49. The van der Waals surface area contributed by atoms with Crippen molar-refractivity contribution < 1.29 is 4.79 Å². The summed E-state index contributed by atoms with van der Waals surface area (Å²) in [5.74, 6) is 1.41. The molecule has 2 aromatic carbocycles. The number of rotatable bonds is 2. The maximum Gasteiger partial charge on any atom is 0.256 e. The summed E-state index contributed by atoms with van der Waals surface area (Å²) in [5.41, 5.74) is 2.79. The molecule has 0 fully saturated rings. The van der Waals surface area contributed by atoms with Crippen LogP contribution in [0, 0.1) is 0 Å². The van der Waals surface area contributed by atoms with Gasteiger partial charge in [-0.15, -0.1) is 0 Å². The normalized spacial score (nSPS) is 16.5. The van der Waals surface area contributed by atoms with Crippen molar-refractivity contribution in [3.8, 4) is 11.4 Å². The van der Waals surface area contributed by atoms with Crippen LogP contribution in [-0.2, 0) is 6.54 Å². The first kappa shape index (κ1) is 15.7. The van der Waals surface area contributed by atoms with E-state index in [0.29, 0.717) is 35.5 Å². The third-order valence-electron chi connectivity index (χ3n) is 4.96. The van der Waals surface area contributed by atoms with Gasteiger partial charge in [-0.2, -0.15) is 20.5 Å². The number of aromatic amines is 1. The highest BCUT2D eigenvalue weighted by Crippen LogP contribution is 2.28. The van der Waals surface area contributed by atoms with Crippen molar-refractivity contribution in [2.45, 2.75) is 19.5 Å². The lowest BCUT2D eigenvalue weighted by atomic mass is 10.1. The first-order valence-corrected chi connectivity index (χ1v) is 8.83. The molecule has 1 amide bonds. The first-order valence-electron chi connectivity index (χ1n) is 8.83. The van der Waals surface area contributed by atoms with Crippen molar-refractivity contribution in [3.05, 3.63) is 59.9 Å². The van der Waals surface area contributed by atoms with Gasteiger partial charge < -0.3 is 4.90 Å². The minimum Gasteiger partial charge on any atom is -0.327 e. The Morgan fingerprint density at radius 2 is 1.93 bits per heavy atom. The van der Waals surface area contributed by atoms with Crippen molar-refractivity contribution in [1.29, 1.82) is 0 Å². The molecule has 0 saturated carbocycles. The van der Waals surface area contributed by atoms with Crippen molar-refractivity contribution >= 4 is 16.9 Å². The van der Waals surface area contributed by atoms with E-state index in [1.165, 1.54) is 0 Å². The Morgan fingerprint density at radius 1 is 1.07 bits per heavy atom. The maximum atomic E-state index is 13.2. The second kappa shape index (κ2) is 6.01. The van der Waals surface area contributed by atoms with Crippen molar-refractivity contribution in [2.75, 3.05) is 6.54 Å². The van der Waals surface area contributed by atoms with E-state index in [0.717, 1.165) is 11.4 Å². The third kappa shape index (κ3) is 2.49. The fourth-order valence-corrected chi connectivity index (χ4v) is 3.55. The first-order chi connectivity index (χ1) is 13.2. The average Bonchev–Trinajstić information content (AvgIpc) is 3.35. The van der Waals surface area contributed by atoms with Gasteiger partial charge in [0.05, 0.1) is 18.2 Å². The predicted molar refractivity (Wildman–Crippen MR) is 98.8 cm³/mol. The Bertz CT molecular complexity index is 1130. The fourth-order valence-electron chi connectivity index (χ4n) is 3.55. The van der Waals surface area contributed by atoms with E-state index in [2.05, 4.69) is 20.5 Å². The summed E-state index contributed by atoms with van der Waals surface area (Å²) in [4.78, 5) is 19.7. The van der Waals surface area contributed by atoms with Gasteiger partial charge in [0.25, 0.3) is 5.91 Å². The minimum absolute atomic E-state index is 0.0717. The molecule has 4 aromatic rings. The largest absolute Gasteiger partial charge is 0.327 e. The van der Waals surface area contributed by atoms with Crippen LogP contribution in [0.3, 0.4) is 0 Å². The van der Waals surface area contributed by atoms with E-state index in [1.54, 1.807) is 6.07 Å². The SMILES string of the molecule is C[C@H]1c2nc(-c3ccccc3)nn2CCN1C(=O)c1cccc2n[nH]nc12. The minimum atomic E-state index is -0.182. The molecule has 8 nitrogen and oxygen atoms in total. The molecule has 134 valence electrons. The maximum absolute atomic E-state index is 13.2. The number of amides is 1. The van der Waals surface area contributed by atoms with E-state index in [9.17, 15) is 4.79 Å². The van der Waals surface area contributed by atoms with E-state index < -0.39 is 0 Å².